The molecule has 0 unspecified atom stereocenters. The minimum atomic E-state index is -3.62. The first kappa shape index (κ1) is 28.5. The van der Waals surface area contributed by atoms with Gasteiger partial charge >= 0.3 is 0 Å². The molecule has 0 saturated heterocycles. The molecular weight excluding hydrogens is 490 g/mol. The normalized spacial score (nSPS) is 12.0. The van der Waals surface area contributed by atoms with Crippen LogP contribution in [0.5, 0.6) is 5.75 Å². The molecule has 10 heteroatoms. The second kappa shape index (κ2) is 13.3. The summed E-state index contributed by atoms with van der Waals surface area (Å²) in [6, 6.07) is 13.3. The fraction of sp³-hybridized carbons (Fsp3) is 0.440. The topological polar surface area (TPSA) is 96.0 Å². The molecule has 0 saturated carbocycles. The molecule has 2 aromatic rings. The molecule has 1 N–H and O–H groups in total. The van der Waals surface area contributed by atoms with Crippen LogP contribution in [0.3, 0.4) is 0 Å². The van der Waals surface area contributed by atoms with Crippen LogP contribution in [0.2, 0.25) is 5.02 Å². The van der Waals surface area contributed by atoms with Gasteiger partial charge in [-0.3, -0.25) is 13.9 Å². The van der Waals surface area contributed by atoms with Crippen molar-refractivity contribution in [2.75, 3.05) is 30.8 Å². The van der Waals surface area contributed by atoms with Crippen LogP contribution in [0, 0.1) is 0 Å². The van der Waals surface area contributed by atoms with E-state index >= 15 is 0 Å². The Bertz CT molecular complexity index is 1110. The highest BCUT2D eigenvalue weighted by molar-refractivity contribution is 7.92. The number of nitrogens with zero attached hydrogens (tertiary/aromatic N) is 2. The highest BCUT2D eigenvalue weighted by atomic mass is 35.5. The molecule has 0 radical (unpaired) electrons. The monoisotopic (exact) mass is 523 g/mol. The highest BCUT2D eigenvalue weighted by Gasteiger charge is 2.29. The maximum absolute atomic E-state index is 13.4. The van der Waals surface area contributed by atoms with Crippen molar-refractivity contribution in [3.63, 3.8) is 0 Å². The van der Waals surface area contributed by atoms with Crippen molar-refractivity contribution < 1.29 is 22.7 Å². The lowest BCUT2D eigenvalue weighted by Gasteiger charge is -2.31. The van der Waals surface area contributed by atoms with E-state index < -0.39 is 16.1 Å². The number of benzene rings is 2. The van der Waals surface area contributed by atoms with Crippen LogP contribution in [-0.4, -0.2) is 57.6 Å². The van der Waals surface area contributed by atoms with Gasteiger partial charge in [0, 0.05) is 31.1 Å². The number of hydrogen-bond donors (Lipinski definition) is 1. The van der Waals surface area contributed by atoms with E-state index in [4.69, 9.17) is 16.3 Å². The number of sulfonamides is 1. The van der Waals surface area contributed by atoms with Crippen LogP contribution in [-0.2, 0) is 26.2 Å². The molecular formula is C25H34ClN3O5S. The highest BCUT2D eigenvalue weighted by Crippen LogP contribution is 2.30. The van der Waals surface area contributed by atoms with Gasteiger partial charge < -0.3 is 15.0 Å². The predicted octanol–water partition coefficient (Wildman–Crippen LogP) is 3.84. The van der Waals surface area contributed by atoms with Crippen molar-refractivity contribution in [2.24, 2.45) is 0 Å². The molecule has 35 heavy (non-hydrogen) atoms. The molecule has 2 aromatic carbocycles. The first-order valence-corrected chi connectivity index (χ1v) is 13.8. The SMILES string of the molecule is CCNC(=O)[C@H](CC)N(Cc1ccccc1Cl)C(=O)CCCN(c1ccccc1OC)S(C)(=O)=O. The van der Waals surface area contributed by atoms with Gasteiger partial charge in [-0.05, 0) is 43.5 Å². The number of carbonyl (C=O) groups is 2. The number of hydrogen-bond acceptors (Lipinski definition) is 5. The van der Waals surface area contributed by atoms with Crippen LogP contribution in [0.4, 0.5) is 5.69 Å². The van der Waals surface area contributed by atoms with Crippen LogP contribution in [0.25, 0.3) is 0 Å². The Hall–Kier alpha value is -2.78. The molecule has 1 atom stereocenters. The zero-order valence-electron chi connectivity index (χ0n) is 20.7. The lowest BCUT2D eigenvalue weighted by atomic mass is 10.1. The quantitative estimate of drug-likeness (QED) is 0.430. The Labute approximate surface area is 213 Å². The van der Waals surface area contributed by atoms with Gasteiger partial charge in [0.1, 0.15) is 11.8 Å². The van der Waals surface area contributed by atoms with Crippen molar-refractivity contribution in [3.8, 4) is 5.75 Å². The molecule has 0 bridgehead atoms. The third kappa shape index (κ3) is 7.86. The van der Waals surface area contributed by atoms with Gasteiger partial charge in [-0.2, -0.15) is 0 Å². The Morgan fingerprint density at radius 2 is 1.74 bits per heavy atom. The summed E-state index contributed by atoms with van der Waals surface area (Å²) in [7, 11) is -2.14. The van der Waals surface area contributed by atoms with E-state index in [1.807, 2.05) is 26.0 Å². The molecule has 2 amide bonds. The van der Waals surface area contributed by atoms with E-state index in [0.29, 0.717) is 29.4 Å². The van der Waals surface area contributed by atoms with Gasteiger partial charge in [-0.1, -0.05) is 48.9 Å². The number of ether oxygens (including phenoxy) is 1. The lowest BCUT2D eigenvalue weighted by molar-refractivity contribution is -0.141. The van der Waals surface area contributed by atoms with Crippen molar-refractivity contribution >= 4 is 39.1 Å². The zero-order chi connectivity index (χ0) is 26.0. The largest absolute Gasteiger partial charge is 0.495 e. The third-order valence-corrected chi connectivity index (χ3v) is 7.09. The maximum atomic E-state index is 13.4. The van der Waals surface area contributed by atoms with Crippen molar-refractivity contribution in [2.45, 2.75) is 45.7 Å². The van der Waals surface area contributed by atoms with E-state index in [1.54, 1.807) is 36.4 Å². The van der Waals surface area contributed by atoms with Crippen LogP contribution in [0.15, 0.2) is 48.5 Å². The summed E-state index contributed by atoms with van der Waals surface area (Å²) in [6.45, 7) is 4.38. The summed E-state index contributed by atoms with van der Waals surface area (Å²) in [4.78, 5) is 27.6. The standard InChI is InChI=1S/C25H34ClN3O5S/c1-5-21(25(31)27-6-2)28(18-19-12-7-8-13-20(19)26)24(30)16-11-17-29(35(4,32)33)22-14-9-10-15-23(22)34-3/h7-10,12-15,21H,5-6,11,16-18H2,1-4H3,(H,27,31)/t21-/m0/s1. The molecule has 0 aliphatic rings. The number of halogens is 1. The summed E-state index contributed by atoms with van der Waals surface area (Å²) in [6.07, 6.45) is 1.86. The number of methoxy groups -OCH3 is 1. The first-order chi connectivity index (χ1) is 16.6. The van der Waals surface area contributed by atoms with Gasteiger partial charge in [-0.15, -0.1) is 0 Å². The molecule has 0 fully saturated rings. The Balaban J connectivity index is 2.24. The number of amides is 2. The molecule has 0 aliphatic heterocycles. The van der Waals surface area contributed by atoms with Crippen molar-refractivity contribution in [1.29, 1.82) is 0 Å². The summed E-state index contributed by atoms with van der Waals surface area (Å²) in [5, 5.41) is 3.30. The summed E-state index contributed by atoms with van der Waals surface area (Å²) in [5.41, 5.74) is 1.14. The van der Waals surface area contributed by atoms with E-state index in [0.717, 1.165) is 11.8 Å². The van der Waals surface area contributed by atoms with Gasteiger partial charge in [0.15, 0.2) is 0 Å². The summed E-state index contributed by atoms with van der Waals surface area (Å²) < 4.78 is 31.6. The van der Waals surface area contributed by atoms with E-state index in [-0.39, 0.29) is 37.7 Å². The Morgan fingerprint density at radius 1 is 1.09 bits per heavy atom. The lowest BCUT2D eigenvalue weighted by Crippen LogP contribution is -2.49. The Kier molecular flexibility index (Phi) is 10.9. The van der Waals surface area contributed by atoms with Crippen LogP contribution >= 0.6 is 11.6 Å². The fourth-order valence-electron chi connectivity index (χ4n) is 3.84. The number of likely N-dealkylation sites (N-methyl/N-ethyl adjacent to an activating group) is 1. The van der Waals surface area contributed by atoms with Crippen LogP contribution < -0.4 is 14.4 Å². The molecule has 0 aromatic heterocycles. The van der Waals surface area contributed by atoms with Crippen molar-refractivity contribution in [1.82, 2.24) is 10.2 Å². The van der Waals surface area contributed by atoms with E-state index in [9.17, 15) is 18.0 Å². The molecule has 8 nitrogen and oxygen atoms in total. The van der Waals surface area contributed by atoms with Crippen LogP contribution in [0.1, 0.15) is 38.7 Å². The number of nitrogens with one attached hydrogen (secondary N) is 1. The average molecular weight is 524 g/mol. The third-order valence-electron chi connectivity index (χ3n) is 5.54. The first-order valence-electron chi connectivity index (χ1n) is 11.5. The van der Waals surface area contributed by atoms with E-state index in [1.165, 1.54) is 16.3 Å². The number of para-hydroxylation sites is 2. The number of rotatable bonds is 13. The summed E-state index contributed by atoms with van der Waals surface area (Å²) >= 11 is 6.33. The van der Waals surface area contributed by atoms with E-state index in [2.05, 4.69) is 5.32 Å². The maximum Gasteiger partial charge on any atom is 0.242 e. The molecule has 0 heterocycles. The molecule has 0 aliphatic carbocycles. The number of carbonyl (C=O) groups excluding carboxylic acids is 2. The molecule has 192 valence electrons. The van der Waals surface area contributed by atoms with Crippen molar-refractivity contribution in [3.05, 3.63) is 59.1 Å². The Morgan fingerprint density at radius 3 is 2.34 bits per heavy atom. The van der Waals surface area contributed by atoms with Gasteiger partial charge in [0.25, 0.3) is 0 Å². The van der Waals surface area contributed by atoms with Gasteiger partial charge in [0.05, 0.1) is 19.1 Å². The fourth-order valence-corrected chi connectivity index (χ4v) is 5.00. The smallest absolute Gasteiger partial charge is 0.242 e. The predicted molar refractivity (Wildman–Crippen MR) is 139 cm³/mol. The molecule has 2 rings (SSSR count). The zero-order valence-corrected chi connectivity index (χ0v) is 22.2. The number of anilines is 1. The minimum absolute atomic E-state index is 0.0571. The summed E-state index contributed by atoms with van der Waals surface area (Å²) in [5.74, 6) is -0.0643. The second-order valence-corrected chi connectivity index (χ2v) is 10.4. The van der Waals surface area contributed by atoms with Gasteiger partial charge in [0.2, 0.25) is 21.8 Å². The second-order valence-electron chi connectivity index (χ2n) is 8.04. The molecule has 0 spiro atoms. The average Bonchev–Trinajstić information content (AvgIpc) is 2.82. The van der Waals surface area contributed by atoms with Gasteiger partial charge in [-0.25, -0.2) is 8.42 Å². The minimum Gasteiger partial charge on any atom is -0.495 e.